The molecule has 0 aromatic rings. The molecule has 1 aliphatic heterocycles. The summed E-state index contributed by atoms with van der Waals surface area (Å²) < 4.78 is 0.498. The predicted octanol–water partition coefficient (Wildman–Crippen LogP) is 1.68. The van der Waals surface area contributed by atoms with Gasteiger partial charge in [-0.2, -0.15) is 0 Å². The molecular formula is C10H14GeO. The number of carbonyl (C=O) groups is 1. The van der Waals surface area contributed by atoms with Crippen molar-refractivity contribution < 1.29 is 4.79 Å². The van der Waals surface area contributed by atoms with Crippen LogP contribution in [0.1, 0.15) is 20.3 Å². The number of hydrogen-bond donors (Lipinski definition) is 0. The van der Waals surface area contributed by atoms with Gasteiger partial charge in [-0.25, -0.2) is 0 Å². The fourth-order valence-corrected chi connectivity index (χ4v) is 4.95. The van der Waals surface area contributed by atoms with Crippen molar-refractivity contribution in [3.05, 3.63) is 23.1 Å². The fraction of sp³-hybridized carbons (Fsp3) is 0.400. The monoisotopic (exact) mass is 224 g/mol. The first-order chi connectivity index (χ1) is 5.75. The van der Waals surface area contributed by atoms with Gasteiger partial charge in [0, 0.05) is 0 Å². The van der Waals surface area contributed by atoms with Gasteiger partial charge in [0.2, 0.25) is 0 Å². The minimum atomic E-state index is -1.60. The average molecular weight is 223 g/mol. The number of hydrogen-bond acceptors (Lipinski definition) is 1. The molecule has 0 saturated carbocycles. The molecule has 1 rings (SSSR count). The van der Waals surface area contributed by atoms with E-state index in [0.29, 0.717) is 4.62 Å². The first kappa shape index (κ1) is 9.65. The van der Waals surface area contributed by atoms with Crippen molar-refractivity contribution in [2.75, 3.05) is 0 Å². The first-order valence-electron chi connectivity index (χ1n) is 4.35. The molecule has 1 aliphatic rings. The molecule has 0 spiro atoms. The molecule has 0 radical (unpaired) electrons. The fourth-order valence-electron chi connectivity index (χ4n) is 1.07. The quantitative estimate of drug-likeness (QED) is 0.665. The Bertz CT molecular complexity index is 261. The SMILES string of the molecule is CCC(C)[C](=O)[Ge]1=[CH]C=CC=[CH]1. The third kappa shape index (κ3) is 2.27. The summed E-state index contributed by atoms with van der Waals surface area (Å²) in [5.41, 5.74) is 0. The van der Waals surface area contributed by atoms with Crippen LogP contribution in [0.15, 0.2) is 23.1 Å². The first-order valence-corrected chi connectivity index (χ1v) is 7.82. The Labute approximate surface area is 77.8 Å². The Morgan fingerprint density at radius 1 is 1.42 bits per heavy atom. The molecule has 0 aliphatic carbocycles. The molecule has 1 atom stereocenters. The summed E-state index contributed by atoms with van der Waals surface area (Å²) >= 11 is -1.60. The minimum absolute atomic E-state index is 0.257. The van der Waals surface area contributed by atoms with Gasteiger partial charge in [-0.05, 0) is 0 Å². The van der Waals surface area contributed by atoms with Crippen molar-refractivity contribution >= 4 is 23.4 Å². The molecule has 0 amide bonds. The molecule has 0 aromatic carbocycles. The van der Waals surface area contributed by atoms with E-state index in [1.54, 1.807) is 0 Å². The van der Waals surface area contributed by atoms with Crippen LogP contribution in [0.3, 0.4) is 0 Å². The van der Waals surface area contributed by atoms with Gasteiger partial charge in [-0.1, -0.05) is 0 Å². The summed E-state index contributed by atoms with van der Waals surface area (Å²) in [6, 6.07) is 0. The number of allylic oxidation sites excluding steroid dienone is 3. The Hall–Kier alpha value is -0.437. The van der Waals surface area contributed by atoms with E-state index in [1.807, 2.05) is 25.2 Å². The molecule has 0 saturated heterocycles. The van der Waals surface area contributed by atoms with Gasteiger partial charge < -0.3 is 0 Å². The zero-order valence-corrected chi connectivity index (χ0v) is 9.68. The standard InChI is InChI=1S/C10H14GeO/c1-3-9(2)10(12)11-7-5-4-6-8-11/h4-9H,3H2,1-2H3. The van der Waals surface area contributed by atoms with E-state index in [4.69, 9.17) is 0 Å². The summed E-state index contributed by atoms with van der Waals surface area (Å²) in [7, 11) is 0. The van der Waals surface area contributed by atoms with Gasteiger partial charge in [0.05, 0.1) is 0 Å². The van der Waals surface area contributed by atoms with Crippen molar-refractivity contribution in [1.82, 2.24) is 0 Å². The Morgan fingerprint density at radius 3 is 2.67 bits per heavy atom. The van der Waals surface area contributed by atoms with Crippen LogP contribution in [0.4, 0.5) is 0 Å². The third-order valence-corrected chi connectivity index (χ3v) is 6.66. The van der Waals surface area contributed by atoms with Crippen LogP contribution in [0, 0.1) is 5.92 Å². The molecule has 0 aromatic heterocycles. The van der Waals surface area contributed by atoms with E-state index in [2.05, 4.69) is 16.7 Å². The van der Waals surface area contributed by atoms with Gasteiger partial charge >= 0.3 is 77.5 Å². The molecule has 2 heteroatoms. The molecule has 0 bridgehead atoms. The van der Waals surface area contributed by atoms with Gasteiger partial charge in [-0.15, -0.1) is 0 Å². The molecule has 0 N–H and O–H groups in total. The van der Waals surface area contributed by atoms with Crippen LogP contribution in [0.5, 0.6) is 0 Å². The van der Waals surface area contributed by atoms with E-state index in [9.17, 15) is 4.79 Å². The van der Waals surface area contributed by atoms with Crippen LogP contribution < -0.4 is 0 Å². The summed E-state index contributed by atoms with van der Waals surface area (Å²) in [6.45, 7) is 4.10. The van der Waals surface area contributed by atoms with Gasteiger partial charge in [0.25, 0.3) is 0 Å². The van der Waals surface area contributed by atoms with Crippen LogP contribution in [0.25, 0.3) is 0 Å². The third-order valence-electron chi connectivity index (χ3n) is 2.12. The molecule has 1 heterocycles. The van der Waals surface area contributed by atoms with Crippen LogP contribution in [0.2, 0.25) is 0 Å². The van der Waals surface area contributed by atoms with Crippen LogP contribution in [-0.4, -0.2) is 23.4 Å². The topological polar surface area (TPSA) is 17.1 Å². The normalized spacial score (nSPS) is 17.3. The molecule has 0 fully saturated rings. The van der Waals surface area contributed by atoms with Crippen molar-refractivity contribution in [2.24, 2.45) is 5.92 Å². The molecular weight excluding hydrogens is 209 g/mol. The maximum absolute atomic E-state index is 11.7. The second kappa shape index (κ2) is 4.55. The zero-order chi connectivity index (χ0) is 8.97. The Balaban J connectivity index is 2.71. The van der Waals surface area contributed by atoms with Gasteiger partial charge in [0.15, 0.2) is 0 Å². The van der Waals surface area contributed by atoms with Gasteiger partial charge in [-0.3, -0.25) is 0 Å². The van der Waals surface area contributed by atoms with Crippen molar-refractivity contribution in [1.29, 1.82) is 0 Å². The molecule has 12 heavy (non-hydrogen) atoms. The molecule has 1 unspecified atom stereocenters. The zero-order valence-electron chi connectivity index (χ0n) is 7.58. The van der Waals surface area contributed by atoms with Crippen molar-refractivity contribution in [3.63, 3.8) is 0 Å². The second-order valence-electron chi connectivity index (χ2n) is 3.04. The Morgan fingerprint density at radius 2 is 2.17 bits per heavy atom. The Kier molecular flexibility index (Phi) is 3.66. The number of carbonyl (C=O) groups excluding carboxylic acids is 1. The van der Waals surface area contributed by atoms with Crippen LogP contribution in [-0.2, 0) is 4.79 Å². The second-order valence-corrected chi connectivity index (χ2v) is 7.38. The van der Waals surface area contributed by atoms with E-state index in [0.717, 1.165) is 6.42 Å². The van der Waals surface area contributed by atoms with E-state index in [1.165, 1.54) is 0 Å². The van der Waals surface area contributed by atoms with Crippen LogP contribution >= 0.6 is 0 Å². The van der Waals surface area contributed by atoms with E-state index in [-0.39, 0.29) is 5.92 Å². The summed E-state index contributed by atoms with van der Waals surface area (Å²) in [6.07, 6.45) is 6.98. The maximum atomic E-state index is 11.7. The summed E-state index contributed by atoms with van der Waals surface area (Å²) in [5.74, 6) is 0.257. The molecule has 64 valence electrons. The number of rotatable bonds is 3. The molecule has 1 nitrogen and oxygen atoms in total. The van der Waals surface area contributed by atoms with Crippen molar-refractivity contribution in [2.45, 2.75) is 20.3 Å². The predicted molar refractivity (Wildman–Crippen MR) is 54.6 cm³/mol. The average Bonchev–Trinajstić information content (AvgIpc) is 2.17. The van der Waals surface area contributed by atoms with E-state index < -0.39 is 13.9 Å². The summed E-state index contributed by atoms with van der Waals surface area (Å²) in [4.78, 5) is 15.9. The van der Waals surface area contributed by atoms with E-state index >= 15 is 0 Å². The summed E-state index contributed by atoms with van der Waals surface area (Å²) in [5, 5.41) is 0. The van der Waals surface area contributed by atoms with Gasteiger partial charge in [0.1, 0.15) is 0 Å². The van der Waals surface area contributed by atoms with Crippen molar-refractivity contribution in [3.8, 4) is 0 Å².